The maximum atomic E-state index is 12.3. The second kappa shape index (κ2) is 4.20. The van der Waals surface area contributed by atoms with Crippen LogP contribution in [0.25, 0.3) is 0 Å². The van der Waals surface area contributed by atoms with E-state index in [0.29, 0.717) is 36.4 Å². The summed E-state index contributed by atoms with van der Waals surface area (Å²) in [6.45, 7) is 2.01. The molecular weight excluding hydrogens is 245 g/mol. The van der Waals surface area contributed by atoms with E-state index in [1.54, 1.807) is 0 Å². The highest BCUT2D eigenvalue weighted by atomic mass is 79.9. The number of rotatable bonds is 1. The normalized spacial score (nSPS) is 33.0. The fourth-order valence-electron chi connectivity index (χ4n) is 1.91. The van der Waals surface area contributed by atoms with Crippen molar-refractivity contribution in [1.29, 1.82) is 0 Å². The van der Waals surface area contributed by atoms with Gasteiger partial charge in [-0.3, -0.25) is 0 Å². The molecule has 0 aliphatic heterocycles. The molecule has 0 heterocycles. The molecule has 0 nitrogen and oxygen atoms in total. The predicted molar refractivity (Wildman–Crippen MR) is 49.9 cm³/mol. The van der Waals surface area contributed by atoms with Gasteiger partial charge in [-0.25, -0.2) is 0 Å². The third-order valence-electron chi connectivity index (χ3n) is 2.88. The van der Waals surface area contributed by atoms with Crippen molar-refractivity contribution in [3.05, 3.63) is 0 Å². The zero-order valence-electron chi connectivity index (χ0n) is 7.57. The molecule has 0 aromatic rings. The lowest BCUT2D eigenvalue weighted by atomic mass is 9.80. The Morgan fingerprint density at radius 2 is 1.62 bits per heavy atom. The van der Waals surface area contributed by atoms with Crippen LogP contribution in [0, 0.1) is 11.8 Å². The van der Waals surface area contributed by atoms with E-state index in [4.69, 9.17) is 0 Å². The molecule has 1 atom stereocenters. The van der Waals surface area contributed by atoms with E-state index in [9.17, 15) is 13.2 Å². The maximum absolute atomic E-state index is 12.3. The Morgan fingerprint density at radius 1 is 1.15 bits per heavy atom. The number of alkyl halides is 4. The van der Waals surface area contributed by atoms with Gasteiger partial charge in [0.25, 0.3) is 0 Å². The van der Waals surface area contributed by atoms with Gasteiger partial charge < -0.3 is 0 Å². The Hall–Kier alpha value is 0.270. The summed E-state index contributed by atoms with van der Waals surface area (Å²) in [6.07, 6.45) is -1.94. The molecular formula is C9H14BrF3. The van der Waals surface area contributed by atoms with Gasteiger partial charge in [-0.05, 0) is 31.6 Å². The van der Waals surface area contributed by atoms with Gasteiger partial charge in [0.1, 0.15) is 0 Å². The van der Waals surface area contributed by atoms with Gasteiger partial charge in [-0.15, -0.1) is 0 Å². The van der Waals surface area contributed by atoms with Crippen molar-refractivity contribution in [1.82, 2.24) is 0 Å². The summed E-state index contributed by atoms with van der Waals surface area (Å²) < 4.78 is 36.8. The average Bonchev–Trinajstić information content (AvgIpc) is 2.03. The lowest BCUT2D eigenvalue weighted by Crippen LogP contribution is -2.29. The van der Waals surface area contributed by atoms with Gasteiger partial charge in [-0.1, -0.05) is 22.9 Å². The van der Waals surface area contributed by atoms with Crippen molar-refractivity contribution < 1.29 is 13.2 Å². The van der Waals surface area contributed by atoms with Gasteiger partial charge in [-0.2, -0.15) is 13.2 Å². The Balaban J connectivity index is 2.39. The van der Waals surface area contributed by atoms with Crippen molar-refractivity contribution in [3.63, 3.8) is 0 Å². The second-order valence-corrected chi connectivity index (χ2v) is 5.28. The minimum Gasteiger partial charge on any atom is -0.171 e. The van der Waals surface area contributed by atoms with Gasteiger partial charge in [0.2, 0.25) is 0 Å². The molecule has 0 N–H and O–H groups in total. The minimum absolute atomic E-state index is 0.310. The van der Waals surface area contributed by atoms with Gasteiger partial charge >= 0.3 is 6.18 Å². The van der Waals surface area contributed by atoms with Crippen molar-refractivity contribution in [3.8, 4) is 0 Å². The van der Waals surface area contributed by atoms with Crippen LogP contribution in [0.15, 0.2) is 0 Å². The highest BCUT2D eigenvalue weighted by molar-refractivity contribution is 9.09. The number of hydrogen-bond acceptors (Lipinski definition) is 0. The van der Waals surface area contributed by atoms with Crippen LogP contribution >= 0.6 is 15.9 Å². The Morgan fingerprint density at radius 3 is 1.92 bits per heavy atom. The summed E-state index contributed by atoms with van der Waals surface area (Å²) in [5.41, 5.74) is 0. The first-order chi connectivity index (χ1) is 5.91. The van der Waals surface area contributed by atoms with E-state index in [2.05, 4.69) is 15.9 Å². The maximum Gasteiger partial charge on any atom is 0.391 e. The molecule has 1 aliphatic carbocycles. The number of hydrogen-bond donors (Lipinski definition) is 0. The van der Waals surface area contributed by atoms with Crippen LogP contribution in [0.5, 0.6) is 0 Å². The third-order valence-corrected chi connectivity index (χ3v) is 3.63. The summed E-state index contributed by atoms with van der Waals surface area (Å²) in [6, 6.07) is 0. The van der Waals surface area contributed by atoms with E-state index in [1.807, 2.05) is 6.92 Å². The molecule has 13 heavy (non-hydrogen) atoms. The Kier molecular flexibility index (Phi) is 3.66. The molecule has 0 amide bonds. The highest BCUT2D eigenvalue weighted by Crippen LogP contribution is 2.41. The molecule has 1 saturated carbocycles. The van der Waals surface area contributed by atoms with Gasteiger partial charge in [0.15, 0.2) is 0 Å². The molecule has 0 saturated heterocycles. The molecule has 1 aliphatic rings. The van der Waals surface area contributed by atoms with E-state index in [0.717, 1.165) is 0 Å². The Bertz CT molecular complexity index is 157. The summed E-state index contributed by atoms with van der Waals surface area (Å²) >= 11 is 3.43. The first-order valence-corrected chi connectivity index (χ1v) is 5.53. The van der Waals surface area contributed by atoms with Gasteiger partial charge in [0.05, 0.1) is 5.92 Å². The molecule has 0 spiro atoms. The van der Waals surface area contributed by atoms with Crippen LogP contribution in [0.4, 0.5) is 13.2 Å². The summed E-state index contributed by atoms with van der Waals surface area (Å²) in [4.78, 5) is 0.349. The molecule has 0 aromatic carbocycles. The molecule has 78 valence electrons. The van der Waals surface area contributed by atoms with Crippen LogP contribution in [0.1, 0.15) is 32.6 Å². The first kappa shape index (κ1) is 11.3. The van der Waals surface area contributed by atoms with Crippen LogP contribution < -0.4 is 0 Å². The highest BCUT2D eigenvalue weighted by Gasteiger charge is 2.41. The van der Waals surface area contributed by atoms with E-state index in [-0.39, 0.29) is 0 Å². The smallest absolute Gasteiger partial charge is 0.171 e. The molecule has 1 fully saturated rings. The largest absolute Gasteiger partial charge is 0.391 e. The minimum atomic E-state index is -3.97. The van der Waals surface area contributed by atoms with Crippen LogP contribution in [0.2, 0.25) is 0 Å². The zero-order chi connectivity index (χ0) is 10.1. The molecule has 4 heteroatoms. The predicted octanol–water partition coefficient (Wildman–Crippen LogP) is 4.14. The SMILES string of the molecule is C[C@@H](Br)C1CCC(C(F)(F)F)CC1. The first-order valence-electron chi connectivity index (χ1n) is 4.62. The van der Waals surface area contributed by atoms with Crippen LogP contribution in [-0.4, -0.2) is 11.0 Å². The summed E-state index contributed by atoms with van der Waals surface area (Å²) in [5.74, 6) is -0.617. The lowest BCUT2D eigenvalue weighted by Gasteiger charge is -2.31. The molecule has 1 rings (SSSR count). The Labute approximate surface area is 85.0 Å². The zero-order valence-corrected chi connectivity index (χ0v) is 9.16. The molecule has 0 radical (unpaired) electrons. The fraction of sp³-hybridized carbons (Fsp3) is 1.00. The quantitative estimate of drug-likeness (QED) is 0.621. The van der Waals surface area contributed by atoms with E-state index >= 15 is 0 Å². The molecule has 0 aromatic heterocycles. The molecule has 0 bridgehead atoms. The van der Waals surface area contributed by atoms with Crippen molar-refractivity contribution in [2.45, 2.75) is 43.6 Å². The summed E-state index contributed by atoms with van der Waals surface area (Å²) in [7, 11) is 0. The standard InChI is InChI=1S/C9H14BrF3/c1-6(10)7-2-4-8(5-3-7)9(11,12)13/h6-8H,2-5H2,1H3/t6-,7?,8?/m1/s1. The topological polar surface area (TPSA) is 0 Å². The van der Waals surface area contributed by atoms with Gasteiger partial charge in [0, 0.05) is 4.83 Å². The van der Waals surface area contributed by atoms with Crippen molar-refractivity contribution >= 4 is 15.9 Å². The van der Waals surface area contributed by atoms with Crippen LogP contribution in [-0.2, 0) is 0 Å². The molecule has 0 unspecified atom stereocenters. The summed E-state index contributed by atoms with van der Waals surface area (Å²) in [5, 5.41) is 0. The average molecular weight is 259 g/mol. The van der Waals surface area contributed by atoms with E-state index in [1.165, 1.54) is 0 Å². The van der Waals surface area contributed by atoms with Crippen LogP contribution in [0.3, 0.4) is 0 Å². The lowest BCUT2D eigenvalue weighted by molar-refractivity contribution is -0.183. The number of halogens is 4. The monoisotopic (exact) mass is 258 g/mol. The fourth-order valence-corrected chi connectivity index (χ4v) is 2.43. The van der Waals surface area contributed by atoms with E-state index < -0.39 is 12.1 Å². The second-order valence-electron chi connectivity index (χ2n) is 3.83. The van der Waals surface area contributed by atoms with Crippen molar-refractivity contribution in [2.75, 3.05) is 0 Å². The van der Waals surface area contributed by atoms with Crippen molar-refractivity contribution in [2.24, 2.45) is 11.8 Å². The third kappa shape index (κ3) is 3.15.